The smallest absolute Gasteiger partial charge is 0.339 e. The predicted octanol–water partition coefficient (Wildman–Crippen LogP) is 3.09. The Balaban J connectivity index is 1.96. The van der Waals surface area contributed by atoms with Gasteiger partial charge < -0.3 is 10.4 Å². The number of benzene rings is 1. The molecule has 2 rings (SSSR count). The van der Waals surface area contributed by atoms with E-state index in [9.17, 15) is 4.79 Å². The van der Waals surface area contributed by atoms with E-state index >= 15 is 0 Å². The van der Waals surface area contributed by atoms with Crippen molar-refractivity contribution in [2.24, 2.45) is 0 Å². The zero-order valence-electron chi connectivity index (χ0n) is 10.1. The highest BCUT2D eigenvalue weighted by molar-refractivity contribution is 6.30. The lowest BCUT2D eigenvalue weighted by atomic mass is 10.1. The van der Waals surface area contributed by atoms with Crippen LogP contribution < -0.4 is 5.32 Å². The van der Waals surface area contributed by atoms with Crippen molar-refractivity contribution in [2.75, 3.05) is 11.9 Å². The standard InChI is InChI=1S/C14H13ClN2O2/c15-11-3-1-10(2-4-11)5-8-17-13-6-7-16-9-12(13)14(18)19/h1-4,6-7,9H,5,8H2,(H,16,17)(H,18,19). The maximum Gasteiger partial charge on any atom is 0.339 e. The van der Waals surface area contributed by atoms with E-state index in [2.05, 4.69) is 10.3 Å². The third kappa shape index (κ3) is 3.69. The molecule has 0 aliphatic rings. The van der Waals surface area contributed by atoms with Crippen LogP contribution in [-0.4, -0.2) is 22.6 Å². The third-order valence-electron chi connectivity index (χ3n) is 2.69. The van der Waals surface area contributed by atoms with E-state index in [0.29, 0.717) is 17.3 Å². The lowest BCUT2D eigenvalue weighted by Crippen LogP contribution is -2.09. The van der Waals surface area contributed by atoms with Gasteiger partial charge in [0.25, 0.3) is 0 Å². The highest BCUT2D eigenvalue weighted by Gasteiger charge is 2.08. The second kappa shape index (κ2) is 6.20. The van der Waals surface area contributed by atoms with Crippen molar-refractivity contribution in [2.45, 2.75) is 6.42 Å². The number of carboxylic acid groups (broad SMARTS) is 1. The molecule has 0 saturated heterocycles. The number of nitrogens with zero attached hydrogens (tertiary/aromatic N) is 1. The van der Waals surface area contributed by atoms with E-state index in [-0.39, 0.29) is 5.56 Å². The van der Waals surface area contributed by atoms with Gasteiger partial charge in [-0.2, -0.15) is 0 Å². The molecule has 4 nitrogen and oxygen atoms in total. The first-order valence-electron chi connectivity index (χ1n) is 5.82. The van der Waals surface area contributed by atoms with Crippen molar-refractivity contribution in [3.05, 3.63) is 58.9 Å². The number of carbonyl (C=O) groups is 1. The van der Waals surface area contributed by atoms with E-state index < -0.39 is 5.97 Å². The number of rotatable bonds is 5. The van der Waals surface area contributed by atoms with Crippen LogP contribution in [-0.2, 0) is 6.42 Å². The minimum Gasteiger partial charge on any atom is -0.478 e. The van der Waals surface area contributed by atoms with E-state index in [0.717, 1.165) is 12.0 Å². The first kappa shape index (κ1) is 13.4. The minimum absolute atomic E-state index is 0.179. The van der Waals surface area contributed by atoms with Gasteiger partial charge in [0, 0.05) is 24.0 Å². The molecule has 0 aliphatic heterocycles. The molecule has 0 bridgehead atoms. The maximum absolute atomic E-state index is 11.0. The summed E-state index contributed by atoms with van der Waals surface area (Å²) in [5.74, 6) is -0.984. The number of carboxylic acids is 1. The zero-order valence-corrected chi connectivity index (χ0v) is 10.9. The zero-order chi connectivity index (χ0) is 13.7. The summed E-state index contributed by atoms with van der Waals surface area (Å²) < 4.78 is 0. The molecule has 0 spiro atoms. The Labute approximate surface area is 116 Å². The number of pyridine rings is 1. The van der Waals surface area contributed by atoms with Crippen molar-refractivity contribution in [1.82, 2.24) is 4.98 Å². The van der Waals surface area contributed by atoms with Crippen molar-refractivity contribution < 1.29 is 9.90 Å². The molecule has 1 aromatic heterocycles. The molecule has 1 aromatic carbocycles. The molecule has 2 N–H and O–H groups in total. The van der Waals surface area contributed by atoms with Gasteiger partial charge >= 0.3 is 5.97 Å². The van der Waals surface area contributed by atoms with Gasteiger partial charge in [-0.05, 0) is 30.2 Å². The van der Waals surface area contributed by atoms with Gasteiger partial charge in [-0.15, -0.1) is 0 Å². The number of nitrogens with one attached hydrogen (secondary N) is 1. The summed E-state index contributed by atoms with van der Waals surface area (Å²) in [5.41, 5.74) is 1.90. The number of halogens is 1. The average Bonchev–Trinajstić information content (AvgIpc) is 2.41. The highest BCUT2D eigenvalue weighted by atomic mass is 35.5. The molecule has 0 amide bonds. The largest absolute Gasteiger partial charge is 0.478 e. The van der Waals surface area contributed by atoms with Gasteiger partial charge in [0.2, 0.25) is 0 Å². The van der Waals surface area contributed by atoms with Crippen molar-refractivity contribution in [3.8, 4) is 0 Å². The van der Waals surface area contributed by atoms with Gasteiger partial charge in [0.05, 0.1) is 5.69 Å². The Hall–Kier alpha value is -2.07. The van der Waals surface area contributed by atoms with Gasteiger partial charge in [-0.25, -0.2) is 4.79 Å². The summed E-state index contributed by atoms with van der Waals surface area (Å²) in [6.45, 7) is 0.645. The summed E-state index contributed by atoms with van der Waals surface area (Å²) >= 11 is 5.81. The number of aromatic nitrogens is 1. The molecule has 0 fully saturated rings. The Morgan fingerprint density at radius 2 is 2.00 bits per heavy atom. The summed E-state index contributed by atoms with van der Waals surface area (Å²) in [6.07, 6.45) is 3.70. The van der Waals surface area contributed by atoms with Gasteiger partial charge in [-0.3, -0.25) is 4.98 Å². The number of anilines is 1. The average molecular weight is 277 g/mol. The fraction of sp³-hybridized carbons (Fsp3) is 0.143. The molecule has 1 heterocycles. The monoisotopic (exact) mass is 276 g/mol. The first-order valence-corrected chi connectivity index (χ1v) is 6.20. The lowest BCUT2D eigenvalue weighted by molar-refractivity contribution is 0.0697. The van der Waals surface area contributed by atoms with E-state index in [4.69, 9.17) is 16.7 Å². The molecule has 0 saturated carbocycles. The SMILES string of the molecule is O=C(O)c1cnccc1NCCc1ccc(Cl)cc1. The quantitative estimate of drug-likeness (QED) is 0.881. The lowest BCUT2D eigenvalue weighted by Gasteiger charge is -2.09. The number of hydrogen-bond donors (Lipinski definition) is 2. The Morgan fingerprint density at radius 1 is 1.26 bits per heavy atom. The second-order valence-corrected chi connectivity index (χ2v) is 4.47. The summed E-state index contributed by atoms with van der Waals surface area (Å²) in [4.78, 5) is 14.8. The van der Waals surface area contributed by atoms with Crippen LogP contribution in [0.1, 0.15) is 15.9 Å². The molecular formula is C14H13ClN2O2. The summed E-state index contributed by atoms with van der Waals surface area (Å²) in [6, 6.07) is 9.24. The van der Waals surface area contributed by atoms with Crippen molar-refractivity contribution in [1.29, 1.82) is 0 Å². The van der Waals surface area contributed by atoms with Crippen LogP contribution in [0.3, 0.4) is 0 Å². The van der Waals surface area contributed by atoms with Crippen LogP contribution >= 0.6 is 11.6 Å². The summed E-state index contributed by atoms with van der Waals surface area (Å²) in [5, 5.41) is 12.8. The number of hydrogen-bond acceptors (Lipinski definition) is 3. The Kier molecular flexibility index (Phi) is 4.36. The molecule has 5 heteroatoms. The van der Waals surface area contributed by atoms with Crippen LogP contribution in [0, 0.1) is 0 Å². The van der Waals surface area contributed by atoms with Crippen molar-refractivity contribution in [3.63, 3.8) is 0 Å². The van der Waals surface area contributed by atoms with E-state index in [1.807, 2.05) is 24.3 Å². The van der Waals surface area contributed by atoms with E-state index in [1.54, 1.807) is 12.3 Å². The summed E-state index contributed by atoms with van der Waals surface area (Å²) in [7, 11) is 0. The minimum atomic E-state index is -0.984. The molecule has 0 atom stereocenters. The number of aromatic carboxylic acids is 1. The van der Waals surface area contributed by atoms with Crippen LogP contribution in [0.4, 0.5) is 5.69 Å². The second-order valence-electron chi connectivity index (χ2n) is 4.03. The fourth-order valence-electron chi connectivity index (χ4n) is 1.71. The van der Waals surface area contributed by atoms with Crippen LogP contribution in [0.15, 0.2) is 42.7 Å². The highest BCUT2D eigenvalue weighted by Crippen LogP contribution is 2.14. The van der Waals surface area contributed by atoms with Crippen molar-refractivity contribution >= 4 is 23.3 Å². The third-order valence-corrected chi connectivity index (χ3v) is 2.95. The predicted molar refractivity (Wildman–Crippen MR) is 74.8 cm³/mol. The molecule has 0 radical (unpaired) electrons. The first-order chi connectivity index (χ1) is 9.16. The Bertz CT molecular complexity index is 570. The molecule has 0 aliphatic carbocycles. The van der Waals surface area contributed by atoms with Crippen LogP contribution in [0.2, 0.25) is 5.02 Å². The van der Waals surface area contributed by atoms with Gasteiger partial charge in [0.1, 0.15) is 5.56 Å². The fourth-order valence-corrected chi connectivity index (χ4v) is 1.84. The normalized spacial score (nSPS) is 10.2. The Morgan fingerprint density at radius 3 is 2.68 bits per heavy atom. The van der Waals surface area contributed by atoms with Gasteiger partial charge in [0.15, 0.2) is 0 Å². The molecule has 19 heavy (non-hydrogen) atoms. The molecular weight excluding hydrogens is 264 g/mol. The van der Waals surface area contributed by atoms with Gasteiger partial charge in [-0.1, -0.05) is 23.7 Å². The molecule has 98 valence electrons. The topological polar surface area (TPSA) is 62.2 Å². The van der Waals surface area contributed by atoms with Crippen LogP contribution in [0.25, 0.3) is 0 Å². The molecule has 0 unspecified atom stereocenters. The molecule has 2 aromatic rings. The van der Waals surface area contributed by atoms with E-state index in [1.165, 1.54) is 6.20 Å². The maximum atomic E-state index is 11.0. The van der Waals surface area contributed by atoms with Crippen LogP contribution in [0.5, 0.6) is 0 Å².